The van der Waals surface area contributed by atoms with Crippen molar-refractivity contribution in [2.24, 2.45) is 0 Å². The van der Waals surface area contributed by atoms with Gasteiger partial charge in [-0.3, -0.25) is 0 Å². The summed E-state index contributed by atoms with van der Waals surface area (Å²) in [4.78, 5) is 29.2. The van der Waals surface area contributed by atoms with Gasteiger partial charge in [0.05, 0.1) is 11.0 Å². The average molecular weight is 499 g/mol. The van der Waals surface area contributed by atoms with E-state index in [0.717, 1.165) is 39.9 Å². The molecule has 4 aromatic rings. The van der Waals surface area contributed by atoms with E-state index >= 15 is 0 Å². The molecule has 0 amide bonds. The van der Waals surface area contributed by atoms with Crippen LogP contribution in [0.15, 0.2) is 45.7 Å². The monoisotopic (exact) mass is 498 g/mol. The molecule has 31 heavy (non-hydrogen) atoms. The summed E-state index contributed by atoms with van der Waals surface area (Å²) >= 11 is 3.54. The number of hydrogen-bond donors (Lipinski definition) is 5. The number of rotatable bonds is 4. The van der Waals surface area contributed by atoms with Gasteiger partial charge in [0.1, 0.15) is 0 Å². The number of hydrogen-bond acceptors (Lipinski definition) is 3. The minimum Gasteiger partial charge on any atom is -0.475 e. The van der Waals surface area contributed by atoms with Crippen molar-refractivity contribution in [1.82, 2.24) is 20.3 Å². The maximum Gasteiger partial charge on any atom is 0.490 e. The highest BCUT2D eigenvalue weighted by Crippen LogP contribution is 2.24. The summed E-state index contributed by atoms with van der Waals surface area (Å²) in [7, 11) is 0. The molecule has 0 unspecified atom stereocenters. The number of carboxylic acids is 1. The number of benzene rings is 2. The van der Waals surface area contributed by atoms with E-state index in [4.69, 9.17) is 9.90 Å². The van der Waals surface area contributed by atoms with Gasteiger partial charge in [-0.1, -0.05) is 22.0 Å². The fourth-order valence-corrected chi connectivity index (χ4v) is 3.65. The molecule has 11 heteroatoms. The molecule has 2 heterocycles. The molecule has 0 aliphatic rings. The highest BCUT2D eigenvalue weighted by atomic mass is 79.9. The number of aryl methyl sites for hydroxylation is 1. The van der Waals surface area contributed by atoms with Gasteiger partial charge in [0.25, 0.3) is 0 Å². The molecule has 0 saturated carbocycles. The molecule has 0 fully saturated rings. The normalized spacial score (nSPS) is 11.5. The van der Waals surface area contributed by atoms with Crippen LogP contribution >= 0.6 is 15.9 Å². The Bertz CT molecular complexity index is 1290. The van der Waals surface area contributed by atoms with Crippen LogP contribution in [0.4, 0.5) is 13.2 Å². The molecule has 0 saturated heterocycles. The molecule has 2 aromatic heterocycles. The molecule has 0 spiro atoms. The van der Waals surface area contributed by atoms with Crippen LogP contribution < -0.4 is 11.0 Å². The number of carboxylic acid groups (broad SMARTS) is 1. The van der Waals surface area contributed by atoms with Crippen LogP contribution in [0.1, 0.15) is 16.8 Å². The topological polar surface area (TPSA) is 114 Å². The highest BCUT2D eigenvalue weighted by molar-refractivity contribution is 9.10. The molecular formula is C20H18BrF3N4O3. The van der Waals surface area contributed by atoms with Crippen LogP contribution in [0, 0.1) is 6.92 Å². The van der Waals surface area contributed by atoms with Crippen LogP contribution in [0.2, 0.25) is 0 Å². The Morgan fingerprint density at radius 1 is 1.06 bits per heavy atom. The zero-order valence-corrected chi connectivity index (χ0v) is 17.7. The maximum atomic E-state index is 11.3. The number of aromatic amines is 3. The molecule has 0 atom stereocenters. The van der Waals surface area contributed by atoms with Gasteiger partial charge >= 0.3 is 17.8 Å². The summed E-state index contributed by atoms with van der Waals surface area (Å²) in [5.74, 6) is -2.76. The minimum atomic E-state index is -5.08. The van der Waals surface area contributed by atoms with Crippen molar-refractivity contribution in [3.63, 3.8) is 0 Å². The average Bonchev–Trinajstić information content (AvgIpc) is 3.23. The summed E-state index contributed by atoms with van der Waals surface area (Å²) in [6.45, 7) is 3.60. The first-order chi connectivity index (χ1) is 14.5. The SMILES string of the molecule is Cc1cc(Br)cc2cc(CNCc3ccc4[nH]c(=O)[nH]c4c3)[nH]c12.O=C(O)C(F)(F)F. The molecule has 164 valence electrons. The van der Waals surface area contributed by atoms with E-state index in [-0.39, 0.29) is 5.69 Å². The predicted molar refractivity (Wildman–Crippen MR) is 114 cm³/mol. The second kappa shape index (κ2) is 8.98. The van der Waals surface area contributed by atoms with Crippen molar-refractivity contribution in [2.45, 2.75) is 26.2 Å². The summed E-state index contributed by atoms with van der Waals surface area (Å²) in [6, 6.07) is 12.3. The Morgan fingerprint density at radius 2 is 1.74 bits per heavy atom. The molecule has 5 N–H and O–H groups in total. The first-order valence-corrected chi connectivity index (χ1v) is 9.82. The number of carbonyl (C=O) groups is 1. The lowest BCUT2D eigenvalue weighted by atomic mass is 10.2. The molecular weight excluding hydrogens is 481 g/mol. The van der Waals surface area contributed by atoms with Gasteiger partial charge in [0.15, 0.2) is 0 Å². The second-order valence-corrected chi connectivity index (χ2v) is 7.76. The minimum absolute atomic E-state index is 0.172. The standard InChI is InChI=1S/C18H17BrN4O.C2HF3O2/c1-10-4-13(19)6-12-7-14(21-17(10)12)9-20-8-11-2-3-15-16(5-11)23-18(24)22-15;3-2(4,5)1(6)7/h2-7,20-21H,8-9H2,1H3,(H2,22,23,24);(H,6,7). The van der Waals surface area contributed by atoms with E-state index in [2.05, 4.69) is 61.3 Å². The number of alkyl halides is 3. The Kier molecular flexibility index (Phi) is 6.56. The quantitative estimate of drug-likeness (QED) is 0.288. The van der Waals surface area contributed by atoms with E-state index in [9.17, 15) is 18.0 Å². The van der Waals surface area contributed by atoms with E-state index in [0.29, 0.717) is 0 Å². The van der Waals surface area contributed by atoms with Crippen molar-refractivity contribution in [3.05, 3.63) is 68.2 Å². The van der Waals surface area contributed by atoms with Crippen LogP contribution in [0.5, 0.6) is 0 Å². The predicted octanol–water partition coefficient (Wildman–Crippen LogP) is 4.33. The van der Waals surface area contributed by atoms with Crippen molar-refractivity contribution in [1.29, 1.82) is 0 Å². The number of aliphatic carboxylic acids is 1. The van der Waals surface area contributed by atoms with Gasteiger partial charge in [-0.2, -0.15) is 13.2 Å². The number of fused-ring (bicyclic) bond motifs is 2. The lowest BCUT2D eigenvalue weighted by molar-refractivity contribution is -0.192. The maximum absolute atomic E-state index is 11.3. The van der Waals surface area contributed by atoms with Gasteiger partial charge in [0.2, 0.25) is 0 Å². The largest absolute Gasteiger partial charge is 0.490 e. The summed E-state index contributed by atoms with van der Waals surface area (Å²) in [6.07, 6.45) is -5.08. The summed E-state index contributed by atoms with van der Waals surface area (Å²) in [5.41, 5.74) is 6.20. The van der Waals surface area contributed by atoms with Gasteiger partial charge in [-0.05, 0) is 48.4 Å². The van der Waals surface area contributed by atoms with Crippen LogP contribution in [0.3, 0.4) is 0 Å². The van der Waals surface area contributed by atoms with Crippen molar-refractivity contribution >= 4 is 43.8 Å². The number of nitrogens with one attached hydrogen (secondary N) is 4. The molecule has 0 aliphatic heterocycles. The number of aromatic nitrogens is 3. The number of imidazole rings is 1. The third-order valence-electron chi connectivity index (χ3n) is 4.41. The Morgan fingerprint density at radius 3 is 2.42 bits per heavy atom. The van der Waals surface area contributed by atoms with Crippen molar-refractivity contribution < 1.29 is 23.1 Å². The Labute approximate surface area is 181 Å². The molecule has 7 nitrogen and oxygen atoms in total. The molecule has 0 bridgehead atoms. The van der Waals surface area contributed by atoms with Gasteiger partial charge < -0.3 is 25.4 Å². The van der Waals surface area contributed by atoms with Gasteiger partial charge in [-0.25, -0.2) is 9.59 Å². The molecule has 2 aromatic carbocycles. The van der Waals surface area contributed by atoms with Crippen molar-refractivity contribution in [2.75, 3.05) is 0 Å². The van der Waals surface area contributed by atoms with Crippen LogP contribution in [0.25, 0.3) is 21.9 Å². The first kappa shape index (κ1) is 22.6. The zero-order chi connectivity index (χ0) is 22.8. The number of H-pyrrole nitrogens is 3. The first-order valence-electron chi connectivity index (χ1n) is 9.02. The Hall–Kier alpha value is -3.05. The zero-order valence-electron chi connectivity index (χ0n) is 16.2. The number of halogens is 4. The molecule has 4 rings (SSSR count). The summed E-state index contributed by atoms with van der Waals surface area (Å²) < 4.78 is 32.8. The van der Waals surface area contributed by atoms with E-state index in [1.54, 1.807) is 0 Å². The highest BCUT2D eigenvalue weighted by Gasteiger charge is 2.38. The third kappa shape index (κ3) is 5.76. The third-order valence-corrected chi connectivity index (χ3v) is 4.87. The summed E-state index contributed by atoms with van der Waals surface area (Å²) in [5, 5.41) is 11.8. The van der Waals surface area contributed by atoms with E-state index in [1.165, 1.54) is 16.5 Å². The second-order valence-electron chi connectivity index (χ2n) is 6.85. The van der Waals surface area contributed by atoms with E-state index < -0.39 is 12.1 Å². The van der Waals surface area contributed by atoms with Gasteiger partial charge in [-0.15, -0.1) is 0 Å². The molecule has 0 radical (unpaired) electrons. The smallest absolute Gasteiger partial charge is 0.475 e. The van der Waals surface area contributed by atoms with Crippen LogP contribution in [-0.4, -0.2) is 32.2 Å². The van der Waals surface area contributed by atoms with Crippen LogP contribution in [-0.2, 0) is 17.9 Å². The van der Waals surface area contributed by atoms with Gasteiger partial charge in [0, 0.05) is 34.2 Å². The molecule has 0 aliphatic carbocycles. The van der Waals surface area contributed by atoms with Crippen molar-refractivity contribution in [3.8, 4) is 0 Å². The fraction of sp³-hybridized carbons (Fsp3) is 0.200. The lowest BCUT2D eigenvalue weighted by Gasteiger charge is -2.04. The Balaban J connectivity index is 0.000000339. The lowest BCUT2D eigenvalue weighted by Crippen LogP contribution is -2.21. The van der Waals surface area contributed by atoms with E-state index in [1.807, 2.05) is 18.2 Å². The fourth-order valence-electron chi connectivity index (χ4n) is 3.06.